The molecule has 1 amide bonds. The summed E-state index contributed by atoms with van der Waals surface area (Å²) >= 11 is 0. The summed E-state index contributed by atoms with van der Waals surface area (Å²) in [6.07, 6.45) is 2.25. The second-order valence-electron chi connectivity index (χ2n) is 5.88. The van der Waals surface area contributed by atoms with Gasteiger partial charge in [0.1, 0.15) is 6.10 Å². The highest BCUT2D eigenvalue weighted by molar-refractivity contribution is 5.92. The third-order valence-corrected chi connectivity index (χ3v) is 4.32. The van der Waals surface area contributed by atoms with Crippen LogP contribution in [0.5, 0.6) is 0 Å². The van der Waals surface area contributed by atoms with Crippen LogP contribution >= 0.6 is 0 Å². The maximum Gasteiger partial charge on any atom is 0.271 e. The third-order valence-electron chi connectivity index (χ3n) is 4.32. The zero-order chi connectivity index (χ0) is 17.1. The molecule has 2 heterocycles. The quantitative estimate of drug-likeness (QED) is 0.795. The number of carbonyl (C=O) groups is 1. The Hall–Kier alpha value is -2.99. The van der Waals surface area contributed by atoms with Crippen molar-refractivity contribution in [2.24, 2.45) is 0 Å². The summed E-state index contributed by atoms with van der Waals surface area (Å²) in [4.78, 5) is 12.6. The summed E-state index contributed by atoms with van der Waals surface area (Å²) in [6.45, 7) is 1.08. The molecule has 0 spiro atoms. The number of hydrogen-bond acceptors (Lipinski definition) is 4. The lowest BCUT2D eigenvalue weighted by molar-refractivity contribution is 0.0410. The lowest BCUT2D eigenvalue weighted by Gasteiger charge is -2.26. The summed E-state index contributed by atoms with van der Waals surface area (Å²) in [7, 11) is 0. The number of nitrogens with one attached hydrogen (secondary N) is 1. The van der Waals surface area contributed by atoms with Gasteiger partial charge in [0.25, 0.3) is 5.91 Å². The van der Waals surface area contributed by atoms with Crippen LogP contribution in [0.4, 0.5) is 0 Å². The lowest BCUT2D eigenvalue weighted by Crippen LogP contribution is -2.33. The van der Waals surface area contributed by atoms with Crippen molar-refractivity contribution in [3.8, 4) is 5.69 Å². The first-order valence-corrected chi connectivity index (χ1v) is 8.26. The molecule has 126 valence electrons. The van der Waals surface area contributed by atoms with Crippen LogP contribution in [0.2, 0.25) is 0 Å². The molecule has 2 aromatic carbocycles. The van der Waals surface area contributed by atoms with Gasteiger partial charge >= 0.3 is 0 Å². The minimum absolute atomic E-state index is 0.130. The van der Waals surface area contributed by atoms with Gasteiger partial charge in [0.15, 0.2) is 5.69 Å². The number of nitrogens with zero attached hydrogens (tertiary/aromatic N) is 3. The molecule has 0 radical (unpaired) electrons. The molecule has 6 heteroatoms. The van der Waals surface area contributed by atoms with Crippen molar-refractivity contribution in [1.29, 1.82) is 0 Å². The van der Waals surface area contributed by atoms with E-state index in [2.05, 4.69) is 27.8 Å². The molecule has 0 saturated heterocycles. The first kappa shape index (κ1) is 15.5. The van der Waals surface area contributed by atoms with Crippen LogP contribution in [-0.4, -0.2) is 34.1 Å². The fourth-order valence-electron chi connectivity index (χ4n) is 3.07. The molecule has 0 fully saturated rings. The predicted octanol–water partition coefficient (Wildman–Crippen LogP) is 2.31. The van der Waals surface area contributed by atoms with E-state index >= 15 is 0 Å². The Labute approximate surface area is 145 Å². The summed E-state index contributed by atoms with van der Waals surface area (Å²) in [5, 5.41) is 10.8. The molecule has 0 unspecified atom stereocenters. The van der Waals surface area contributed by atoms with Crippen molar-refractivity contribution in [3.63, 3.8) is 0 Å². The van der Waals surface area contributed by atoms with E-state index in [1.807, 2.05) is 42.5 Å². The van der Waals surface area contributed by atoms with E-state index in [0.29, 0.717) is 18.8 Å². The first-order chi connectivity index (χ1) is 12.3. The molecule has 1 aliphatic heterocycles. The van der Waals surface area contributed by atoms with Crippen LogP contribution in [0.1, 0.15) is 27.7 Å². The number of ether oxygens (including phenoxy) is 1. The van der Waals surface area contributed by atoms with Gasteiger partial charge in [-0.1, -0.05) is 47.7 Å². The number of benzene rings is 2. The van der Waals surface area contributed by atoms with E-state index in [0.717, 1.165) is 17.7 Å². The third kappa shape index (κ3) is 3.16. The summed E-state index contributed by atoms with van der Waals surface area (Å²) < 4.78 is 7.37. The molecule has 0 aliphatic carbocycles. The summed E-state index contributed by atoms with van der Waals surface area (Å²) in [5.41, 5.74) is 3.62. The number of para-hydroxylation sites is 1. The average molecular weight is 334 g/mol. The normalized spacial score (nSPS) is 16.2. The zero-order valence-electron chi connectivity index (χ0n) is 13.6. The van der Waals surface area contributed by atoms with E-state index < -0.39 is 0 Å². The molecule has 0 bridgehead atoms. The Kier molecular flexibility index (Phi) is 4.26. The van der Waals surface area contributed by atoms with Crippen LogP contribution in [0.3, 0.4) is 0 Å². The van der Waals surface area contributed by atoms with Gasteiger partial charge in [-0.2, -0.15) is 0 Å². The molecule has 1 atom stereocenters. The van der Waals surface area contributed by atoms with Crippen LogP contribution in [0.15, 0.2) is 60.8 Å². The maximum absolute atomic E-state index is 12.6. The minimum atomic E-state index is -0.222. The summed E-state index contributed by atoms with van der Waals surface area (Å²) in [6, 6.07) is 17.7. The second-order valence-corrected chi connectivity index (χ2v) is 5.88. The number of carbonyl (C=O) groups excluding carboxylic acids is 1. The second kappa shape index (κ2) is 6.86. The Morgan fingerprint density at radius 1 is 1.16 bits per heavy atom. The molecule has 0 saturated carbocycles. The highest BCUT2D eigenvalue weighted by Crippen LogP contribution is 2.26. The van der Waals surface area contributed by atoms with Gasteiger partial charge in [0.2, 0.25) is 0 Å². The van der Waals surface area contributed by atoms with Gasteiger partial charge in [0.05, 0.1) is 18.5 Å². The SMILES string of the molecule is O=C(NC[C@@H]1OCCc2ccccc21)c1cnnn1-c1ccccc1. The Bertz CT molecular complexity index is 876. The summed E-state index contributed by atoms with van der Waals surface area (Å²) in [5.74, 6) is -0.222. The molecule has 1 aliphatic rings. The van der Waals surface area contributed by atoms with E-state index in [4.69, 9.17) is 4.74 Å². The van der Waals surface area contributed by atoms with Crippen LogP contribution in [0.25, 0.3) is 5.69 Å². The Morgan fingerprint density at radius 3 is 2.84 bits per heavy atom. The number of aromatic nitrogens is 3. The molecule has 3 aromatic rings. The van der Waals surface area contributed by atoms with Gasteiger partial charge in [-0.3, -0.25) is 4.79 Å². The largest absolute Gasteiger partial charge is 0.371 e. The number of amides is 1. The van der Waals surface area contributed by atoms with Crippen molar-refractivity contribution in [2.45, 2.75) is 12.5 Å². The monoisotopic (exact) mass is 334 g/mol. The van der Waals surface area contributed by atoms with Crippen molar-refractivity contribution in [1.82, 2.24) is 20.3 Å². The van der Waals surface area contributed by atoms with Gasteiger partial charge in [-0.15, -0.1) is 5.10 Å². The van der Waals surface area contributed by atoms with Gasteiger partial charge < -0.3 is 10.1 Å². The fraction of sp³-hybridized carbons (Fsp3) is 0.211. The minimum Gasteiger partial charge on any atom is -0.371 e. The van der Waals surface area contributed by atoms with Gasteiger partial charge in [0, 0.05) is 6.54 Å². The van der Waals surface area contributed by atoms with Crippen molar-refractivity contribution in [3.05, 3.63) is 77.6 Å². The fourth-order valence-corrected chi connectivity index (χ4v) is 3.07. The molecule has 25 heavy (non-hydrogen) atoms. The molecule has 1 aromatic heterocycles. The Balaban J connectivity index is 1.49. The average Bonchev–Trinajstić information content (AvgIpc) is 3.17. The molecule has 6 nitrogen and oxygen atoms in total. The maximum atomic E-state index is 12.6. The van der Waals surface area contributed by atoms with Gasteiger partial charge in [-0.25, -0.2) is 4.68 Å². The molecular weight excluding hydrogens is 316 g/mol. The Morgan fingerprint density at radius 2 is 1.96 bits per heavy atom. The van der Waals surface area contributed by atoms with Crippen LogP contribution in [-0.2, 0) is 11.2 Å². The first-order valence-electron chi connectivity index (χ1n) is 8.26. The standard InChI is InChI=1S/C19H18N4O2/c24-19(17-12-21-22-23(17)15-7-2-1-3-8-15)20-13-18-16-9-5-4-6-14(16)10-11-25-18/h1-9,12,18H,10-11,13H2,(H,20,24)/t18-/m0/s1. The zero-order valence-corrected chi connectivity index (χ0v) is 13.6. The smallest absolute Gasteiger partial charge is 0.271 e. The van der Waals surface area contributed by atoms with E-state index in [-0.39, 0.29) is 12.0 Å². The van der Waals surface area contributed by atoms with Crippen LogP contribution < -0.4 is 5.32 Å². The molecule has 1 N–H and O–H groups in total. The molecular formula is C19H18N4O2. The van der Waals surface area contributed by atoms with E-state index in [1.54, 1.807) is 0 Å². The lowest BCUT2D eigenvalue weighted by atomic mass is 9.97. The van der Waals surface area contributed by atoms with Crippen molar-refractivity contribution in [2.75, 3.05) is 13.2 Å². The topological polar surface area (TPSA) is 69.0 Å². The van der Waals surface area contributed by atoms with Crippen molar-refractivity contribution < 1.29 is 9.53 Å². The number of rotatable bonds is 4. The number of hydrogen-bond donors (Lipinski definition) is 1. The number of fused-ring (bicyclic) bond motifs is 1. The molecule has 4 rings (SSSR count). The van der Waals surface area contributed by atoms with Crippen molar-refractivity contribution >= 4 is 5.91 Å². The highest BCUT2D eigenvalue weighted by atomic mass is 16.5. The predicted molar refractivity (Wildman–Crippen MR) is 92.5 cm³/mol. The van der Waals surface area contributed by atoms with E-state index in [9.17, 15) is 4.79 Å². The van der Waals surface area contributed by atoms with Crippen LogP contribution in [0, 0.1) is 0 Å². The van der Waals surface area contributed by atoms with Gasteiger partial charge in [-0.05, 0) is 29.7 Å². The van der Waals surface area contributed by atoms with E-state index in [1.165, 1.54) is 16.4 Å². The highest BCUT2D eigenvalue weighted by Gasteiger charge is 2.22.